The Morgan fingerprint density at radius 3 is 1.50 bits per heavy atom. The molecule has 0 amide bonds. The Bertz CT molecular complexity index is 4230. The fourth-order valence-electron chi connectivity index (χ4n) is 6.19. The van der Waals surface area contributed by atoms with Gasteiger partial charge in [-0.15, -0.1) is 0 Å². The molecule has 1 aromatic heterocycles. The van der Waals surface area contributed by atoms with Gasteiger partial charge >= 0.3 is 0 Å². The molecule has 0 aliphatic rings. The summed E-state index contributed by atoms with van der Waals surface area (Å²) in [7, 11) is 0. The maximum atomic E-state index is 9.65. The molecule has 1 heterocycles. The maximum absolute atomic E-state index is 9.65. The second-order valence-corrected chi connectivity index (χ2v) is 11.6. The third-order valence-corrected chi connectivity index (χ3v) is 8.54. The predicted octanol–water partition coefficient (Wildman–Crippen LogP) is 14.9. The molecular formula is C52H35NO. The zero-order valence-electron chi connectivity index (χ0n) is 54.5. The van der Waals surface area contributed by atoms with E-state index in [0.717, 1.165) is 4.90 Å². The molecule has 0 aliphatic carbocycles. The summed E-state index contributed by atoms with van der Waals surface area (Å²) in [4.78, 5) is 0.838. The van der Waals surface area contributed by atoms with Crippen molar-refractivity contribution >= 4 is 49.8 Å². The predicted molar refractivity (Wildman–Crippen MR) is 228 cm³/mol. The van der Waals surface area contributed by atoms with Crippen molar-refractivity contribution in [3.63, 3.8) is 0 Å². The van der Waals surface area contributed by atoms with Gasteiger partial charge in [0.15, 0.2) is 0 Å². The van der Waals surface area contributed by atoms with Gasteiger partial charge in [-0.3, -0.25) is 0 Å². The molecule has 10 aromatic rings. The molecule has 0 saturated carbocycles. The number of hydrogen-bond acceptors (Lipinski definition) is 2. The second-order valence-electron chi connectivity index (χ2n) is 11.6. The SMILES string of the molecule is [2H]c1c([2H])c([2H])c(-c2c([2H])c([2H])c(N(c3c([2H])c([2H])c(-c4c([2H])c([2H])c([2H])c([2H])c4[2H])c([2H])c3[2H])c3cccc4oc5c6ccccc6c(-c6c([2H])c([2H])c([2H])c(-c7c([2H])c([2H])c([2H])c([2H])c7[2H])c6[2H])cc5c34)c([2H])c2[2H])c([2H])c1[2H]. The number of rotatable bonds is 7. The monoisotopic (exact) mass is 716 g/mol. The van der Waals surface area contributed by atoms with Gasteiger partial charge in [0, 0.05) is 22.1 Å². The van der Waals surface area contributed by atoms with Crippen LogP contribution in [0.2, 0.25) is 0 Å². The van der Waals surface area contributed by atoms with Gasteiger partial charge in [0.25, 0.3) is 0 Å². The van der Waals surface area contributed by atoms with Gasteiger partial charge in [-0.1, -0.05) is 163 Å². The molecule has 0 atom stereocenters. The minimum Gasteiger partial charge on any atom is -0.455 e. The quantitative estimate of drug-likeness (QED) is 0.163. The molecule has 0 saturated heterocycles. The van der Waals surface area contributed by atoms with Crippen LogP contribution in [0.15, 0.2) is 216 Å². The topological polar surface area (TPSA) is 16.4 Å². The summed E-state index contributed by atoms with van der Waals surface area (Å²) in [5.41, 5.74) is -6.32. The number of furan rings is 1. The molecule has 0 spiro atoms. The lowest BCUT2D eigenvalue weighted by molar-refractivity contribution is 0.672. The van der Waals surface area contributed by atoms with Crippen LogP contribution in [0.1, 0.15) is 37.0 Å². The van der Waals surface area contributed by atoms with Crippen molar-refractivity contribution in [2.24, 2.45) is 0 Å². The van der Waals surface area contributed by atoms with Gasteiger partial charge in [0.2, 0.25) is 0 Å². The molecule has 9 aromatic carbocycles. The summed E-state index contributed by atoms with van der Waals surface area (Å²) < 4.78 is 246. The molecule has 2 nitrogen and oxygen atoms in total. The van der Waals surface area contributed by atoms with Crippen LogP contribution in [-0.4, -0.2) is 0 Å². The number of benzene rings is 9. The van der Waals surface area contributed by atoms with E-state index in [9.17, 15) is 13.7 Å². The molecule has 10 rings (SSSR count). The van der Waals surface area contributed by atoms with Crippen LogP contribution in [0.3, 0.4) is 0 Å². The van der Waals surface area contributed by atoms with Crippen LogP contribution >= 0.6 is 0 Å². The summed E-state index contributed by atoms with van der Waals surface area (Å²) >= 11 is 0. The Balaban J connectivity index is 1.37. The second kappa shape index (κ2) is 13.4. The number of hydrogen-bond donors (Lipinski definition) is 0. The lowest BCUT2D eigenvalue weighted by Crippen LogP contribution is -2.10. The fourth-order valence-corrected chi connectivity index (χ4v) is 6.19. The van der Waals surface area contributed by atoms with Gasteiger partial charge in [-0.25, -0.2) is 0 Å². The molecule has 2 heteroatoms. The Morgan fingerprint density at radius 1 is 0.407 bits per heavy atom. The van der Waals surface area contributed by atoms with E-state index in [2.05, 4.69) is 0 Å². The van der Waals surface area contributed by atoms with Crippen molar-refractivity contribution in [2.75, 3.05) is 4.90 Å². The van der Waals surface area contributed by atoms with Crippen molar-refractivity contribution in [3.05, 3.63) is 212 Å². The summed E-state index contributed by atoms with van der Waals surface area (Å²) in [6.07, 6.45) is 0. The molecule has 0 radical (unpaired) electrons. The van der Waals surface area contributed by atoms with Gasteiger partial charge in [0.1, 0.15) is 11.2 Å². The zero-order chi connectivity index (χ0) is 59.3. The highest BCUT2D eigenvalue weighted by Gasteiger charge is 2.22. The average molecular weight is 717 g/mol. The fraction of sp³-hybridized carbons (Fsp3) is 0. The van der Waals surface area contributed by atoms with E-state index >= 15 is 0 Å². The standard InChI is InChI=1S/C52H35NO/c1-4-14-36(15-5-1)39-26-30-43(31-27-39)53(44-32-28-40(29-33-44)37-16-6-2-7-17-37)49-24-13-25-50-51(49)48-35-47(45-22-10-11-23-46(45)52(48)54-50)42-21-12-20-41(34-42)38-18-8-3-9-19-38/h1-35H/i1D,2D,3D,4D,5D,6D,7D,8D,9D,12D,14D,15D,16D,17D,18D,19D,20D,21D,26D,27D,28D,29D,30D,31D,32D,33D,34D. The molecule has 0 N–H and O–H groups in total. The first kappa shape index (κ1) is 14.3. The first-order valence-electron chi connectivity index (χ1n) is 29.7. The third-order valence-electron chi connectivity index (χ3n) is 8.54. The summed E-state index contributed by atoms with van der Waals surface area (Å²) in [5.74, 6) is 0. The van der Waals surface area contributed by atoms with Crippen LogP contribution in [0, 0.1) is 0 Å². The van der Waals surface area contributed by atoms with Crippen molar-refractivity contribution in [1.29, 1.82) is 0 Å². The summed E-state index contributed by atoms with van der Waals surface area (Å²) in [6, 6.07) is -11.6. The molecule has 0 aliphatic heterocycles. The summed E-state index contributed by atoms with van der Waals surface area (Å²) in [5, 5.41) is 0.521. The van der Waals surface area contributed by atoms with E-state index in [-0.39, 0.29) is 49.5 Å². The normalized spacial score (nSPS) is 18.3. The Labute approximate surface area is 352 Å². The van der Waals surface area contributed by atoms with Crippen molar-refractivity contribution in [1.82, 2.24) is 0 Å². The van der Waals surface area contributed by atoms with Gasteiger partial charge in [-0.05, 0) is 98.3 Å². The lowest BCUT2D eigenvalue weighted by atomic mass is 9.93. The molecule has 0 fully saturated rings. The minimum absolute atomic E-state index is 0.0151. The van der Waals surface area contributed by atoms with E-state index in [1.54, 1.807) is 24.3 Å². The van der Waals surface area contributed by atoms with Crippen molar-refractivity contribution in [2.45, 2.75) is 0 Å². The number of anilines is 3. The average Bonchev–Trinajstić information content (AvgIpc) is 4.07. The van der Waals surface area contributed by atoms with Crippen LogP contribution in [0.5, 0.6) is 0 Å². The van der Waals surface area contributed by atoms with Gasteiger partial charge in [-0.2, -0.15) is 0 Å². The highest BCUT2D eigenvalue weighted by molar-refractivity contribution is 6.22. The van der Waals surface area contributed by atoms with Crippen LogP contribution in [0.25, 0.3) is 77.2 Å². The number of fused-ring (bicyclic) bond motifs is 5. The van der Waals surface area contributed by atoms with E-state index in [4.69, 9.17) is 27.7 Å². The van der Waals surface area contributed by atoms with Gasteiger partial charge in [0.05, 0.1) is 48.1 Å². The smallest absolute Gasteiger partial charge is 0.143 e. The Hall–Kier alpha value is -7.16. The number of nitrogens with zero attached hydrogens (tertiary/aromatic N) is 1. The van der Waals surface area contributed by atoms with E-state index in [0.29, 0.717) is 0 Å². The molecule has 0 bridgehead atoms. The highest BCUT2D eigenvalue weighted by Crippen LogP contribution is 2.47. The largest absolute Gasteiger partial charge is 0.455 e. The summed E-state index contributed by atoms with van der Waals surface area (Å²) in [6.45, 7) is 0. The van der Waals surface area contributed by atoms with E-state index in [1.807, 2.05) is 0 Å². The van der Waals surface area contributed by atoms with Crippen molar-refractivity contribution in [3.8, 4) is 44.5 Å². The van der Waals surface area contributed by atoms with Gasteiger partial charge < -0.3 is 9.32 Å². The molecule has 254 valence electrons. The third kappa shape index (κ3) is 5.62. The first-order valence-corrected chi connectivity index (χ1v) is 16.2. The van der Waals surface area contributed by atoms with Crippen LogP contribution in [0.4, 0.5) is 17.1 Å². The first-order chi connectivity index (χ1) is 38.0. The van der Waals surface area contributed by atoms with E-state index in [1.165, 1.54) is 24.3 Å². The molecular weight excluding hydrogens is 655 g/mol. The lowest BCUT2D eigenvalue weighted by Gasteiger charge is -2.26. The van der Waals surface area contributed by atoms with Crippen LogP contribution in [-0.2, 0) is 0 Å². The Morgan fingerprint density at radius 2 is 0.907 bits per heavy atom. The van der Waals surface area contributed by atoms with E-state index < -0.39 is 208 Å². The zero-order valence-corrected chi connectivity index (χ0v) is 27.5. The Kier molecular flexibility index (Phi) is 3.57. The molecule has 0 unspecified atom stereocenters. The highest BCUT2D eigenvalue weighted by atomic mass is 16.3. The van der Waals surface area contributed by atoms with Crippen LogP contribution < -0.4 is 4.90 Å². The minimum atomic E-state index is -1.02. The molecule has 54 heavy (non-hydrogen) atoms. The van der Waals surface area contributed by atoms with Crippen molar-refractivity contribution < 1.29 is 41.4 Å². The maximum Gasteiger partial charge on any atom is 0.143 e.